The van der Waals surface area contributed by atoms with Crippen LogP contribution in [0.25, 0.3) is 0 Å². The van der Waals surface area contributed by atoms with E-state index in [0.717, 1.165) is 36.8 Å². The summed E-state index contributed by atoms with van der Waals surface area (Å²) in [5.74, 6) is 0.143. The van der Waals surface area contributed by atoms with Gasteiger partial charge in [0.05, 0.1) is 18.8 Å². The van der Waals surface area contributed by atoms with Gasteiger partial charge in [0.25, 0.3) is 5.91 Å². The van der Waals surface area contributed by atoms with E-state index < -0.39 is 0 Å². The molecular formula is C16H22N2O2. The molecule has 0 aromatic heterocycles. The third-order valence-electron chi connectivity index (χ3n) is 4.35. The van der Waals surface area contributed by atoms with E-state index in [0.29, 0.717) is 19.7 Å². The van der Waals surface area contributed by atoms with Crippen LogP contribution in [0, 0.1) is 0 Å². The zero-order valence-corrected chi connectivity index (χ0v) is 11.8. The summed E-state index contributed by atoms with van der Waals surface area (Å²) in [6, 6.07) is 8.14. The molecule has 20 heavy (non-hydrogen) atoms. The predicted octanol–water partition coefficient (Wildman–Crippen LogP) is 1.58. The van der Waals surface area contributed by atoms with Crippen LogP contribution in [-0.2, 0) is 11.2 Å². The standard InChI is InChI=1S/C16H22N2O2/c17-8-7-12-3-1-4-13(11-12)16(19)18-9-10-20-15-6-2-5-14(15)18/h1,3-4,11,14-15H,2,5-10,17H2. The van der Waals surface area contributed by atoms with Gasteiger partial charge < -0.3 is 15.4 Å². The lowest BCUT2D eigenvalue weighted by molar-refractivity contribution is -0.0445. The van der Waals surface area contributed by atoms with Crippen molar-refractivity contribution in [1.29, 1.82) is 0 Å². The molecule has 1 heterocycles. The summed E-state index contributed by atoms with van der Waals surface area (Å²) in [5, 5.41) is 0. The molecule has 1 saturated carbocycles. The summed E-state index contributed by atoms with van der Waals surface area (Å²) in [5.41, 5.74) is 7.50. The van der Waals surface area contributed by atoms with Crippen molar-refractivity contribution in [2.45, 2.75) is 37.8 Å². The van der Waals surface area contributed by atoms with Gasteiger partial charge in [-0.3, -0.25) is 4.79 Å². The number of morpholine rings is 1. The number of benzene rings is 1. The van der Waals surface area contributed by atoms with Crippen LogP contribution in [0.15, 0.2) is 24.3 Å². The lowest BCUT2D eigenvalue weighted by Gasteiger charge is -2.37. The first kappa shape index (κ1) is 13.6. The van der Waals surface area contributed by atoms with Gasteiger partial charge in [-0.15, -0.1) is 0 Å². The van der Waals surface area contributed by atoms with Crippen LogP contribution in [-0.4, -0.2) is 42.6 Å². The Kier molecular flexibility index (Phi) is 4.03. The molecule has 0 spiro atoms. The highest BCUT2D eigenvalue weighted by Gasteiger charge is 2.38. The van der Waals surface area contributed by atoms with Gasteiger partial charge in [0.15, 0.2) is 0 Å². The van der Waals surface area contributed by atoms with Crippen molar-refractivity contribution in [3.05, 3.63) is 35.4 Å². The molecule has 3 rings (SSSR count). The van der Waals surface area contributed by atoms with E-state index in [1.54, 1.807) is 0 Å². The van der Waals surface area contributed by atoms with E-state index in [2.05, 4.69) is 0 Å². The molecule has 4 heteroatoms. The molecule has 0 bridgehead atoms. The molecule has 108 valence electrons. The third kappa shape index (κ3) is 2.58. The normalized spacial score (nSPS) is 25.6. The van der Waals surface area contributed by atoms with Gasteiger partial charge in [0.2, 0.25) is 0 Å². The number of nitrogens with two attached hydrogens (primary N) is 1. The molecule has 1 aromatic rings. The fraction of sp³-hybridized carbons (Fsp3) is 0.562. The average molecular weight is 274 g/mol. The zero-order valence-electron chi connectivity index (χ0n) is 11.8. The van der Waals surface area contributed by atoms with Crippen LogP contribution in [0.5, 0.6) is 0 Å². The Morgan fingerprint density at radius 3 is 3.15 bits per heavy atom. The van der Waals surface area contributed by atoms with E-state index >= 15 is 0 Å². The summed E-state index contributed by atoms with van der Waals surface area (Å²) < 4.78 is 5.77. The number of fused-ring (bicyclic) bond motifs is 1. The van der Waals surface area contributed by atoms with Crippen molar-refractivity contribution in [2.75, 3.05) is 19.7 Å². The highest BCUT2D eigenvalue weighted by atomic mass is 16.5. The number of hydrogen-bond donors (Lipinski definition) is 1. The first-order valence-corrected chi connectivity index (χ1v) is 7.51. The minimum absolute atomic E-state index is 0.143. The molecule has 1 aliphatic heterocycles. The van der Waals surface area contributed by atoms with Crippen molar-refractivity contribution < 1.29 is 9.53 Å². The zero-order chi connectivity index (χ0) is 13.9. The summed E-state index contributed by atoms with van der Waals surface area (Å²) >= 11 is 0. The van der Waals surface area contributed by atoms with E-state index in [9.17, 15) is 4.79 Å². The topological polar surface area (TPSA) is 55.6 Å². The van der Waals surface area contributed by atoms with Gasteiger partial charge in [-0.05, 0) is 49.9 Å². The molecule has 1 saturated heterocycles. The Bertz CT molecular complexity index is 489. The Morgan fingerprint density at radius 1 is 1.40 bits per heavy atom. The SMILES string of the molecule is NCCc1cccc(C(=O)N2CCOC3CCCC32)c1. The lowest BCUT2D eigenvalue weighted by Crippen LogP contribution is -2.51. The van der Waals surface area contributed by atoms with E-state index in [1.165, 1.54) is 0 Å². The fourth-order valence-electron chi connectivity index (χ4n) is 3.37. The molecule has 4 nitrogen and oxygen atoms in total. The first-order chi connectivity index (χ1) is 9.79. The monoisotopic (exact) mass is 274 g/mol. The molecule has 2 unspecified atom stereocenters. The summed E-state index contributed by atoms with van der Waals surface area (Å²) in [4.78, 5) is 14.8. The smallest absolute Gasteiger partial charge is 0.254 e. The second kappa shape index (κ2) is 5.94. The van der Waals surface area contributed by atoms with Crippen LogP contribution in [0.1, 0.15) is 35.2 Å². The van der Waals surface area contributed by atoms with Gasteiger partial charge in [-0.1, -0.05) is 12.1 Å². The van der Waals surface area contributed by atoms with Crippen LogP contribution >= 0.6 is 0 Å². The van der Waals surface area contributed by atoms with Crippen molar-refractivity contribution >= 4 is 5.91 Å². The highest BCUT2D eigenvalue weighted by molar-refractivity contribution is 5.94. The van der Waals surface area contributed by atoms with Gasteiger partial charge in [-0.25, -0.2) is 0 Å². The number of rotatable bonds is 3. The number of hydrogen-bond acceptors (Lipinski definition) is 3. The summed E-state index contributed by atoms with van der Waals surface area (Å²) in [7, 11) is 0. The van der Waals surface area contributed by atoms with Gasteiger partial charge in [0.1, 0.15) is 0 Å². The number of carbonyl (C=O) groups is 1. The van der Waals surface area contributed by atoms with Crippen molar-refractivity contribution in [3.63, 3.8) is 0 Å². The van der Waals surface area contributed by atoms with Crippen LogP contribution in [0.3, 0.4) is 0 Å². The maximum absolute atomic E-state index is 12.7. The molecule has 1 aromatic carbocycles. The van der Waals surface area contributed by atoms with E-state index in [-0.39, 0.29) is 18.1 Å². The Labute approximate surface area is 119 Å². The summed E-state index contributed by atoms with van der Waals surface area (Å²) in [6.07, 6.45) is 4.38. The first-order valence-electron chi connectivity index (χ1n) is 7.51. The minimum atomic E-state index is 0.143. The fourth-order valence-corrected chi connectivity index (χ4v) is 3.37. The molecule has 0 radical (unpaired) electrons. The molecule has 2 N–H and O–H groups in total. The number of amides is 1. The molecule has 1 aliphatic carbocycles. The number of nitrogens with zero attached hydrogens (tertiary/aromatic N) is 1. The van der Waals surface area contributed by atoms with E-state index in [4.69, 9.17) is 10.5 Å². The van der Waals surface area contributed by atoms with Crippen LogP contribution in [0.4, 0.5) is 0 Å². The Morgan fingerprint density at radius 2 is 2.30 bits per heavy atom. The number of carbonyl (C=O) groups excluding carboxylic acids is 1. The lowest BCUT2D eigenvalue weighted by atomic mass is 10.0. The van der Waals surface area contributed by atoms with Gasteiger partial charge >= 0.3 is 0 Å². The van der Waals surface area contributed by atoms with Crippen molar-refractivity contribution in [2.24, 2.45) is 5.73 Å². The largest absolute Gasteiger partial charge is 0.374 e. The molecule has 2 atom stereocenters. The highest BCUT2D eigenvalue weighted by Crippen LogP contribution is 2.30. The molecular weight excluding hydrogens is 252 g/mol. The summed E-state index contributed by atoms with van der Waals surface area (Å²) in [6.45, 7) is 1.98. The maximum Gasteiger partial charge on any atom is 0.254 e. The van der Waals surface area contributed by atoms with E-state index in [1.807, 2.05) is 29.2 Å². The second-order valence-corrected chi connectivity index (χ2v) is 5.65. The van der Waals surface area contributed by atoms with Crippen molar-refractivity contribution in [1.82, 2.24) is 4.90 Å². The average Bonchev–Trinajstić information content (AvgIpc) is 2.95. The Hall–Kier alpha value is -1.39. The predicted molar refractivity (Wildman–Crippen MR) is 77.6 cm³/mol. The number of ether oxygens (including phenoxy) is 1. The maximum atomic E-state index is 12.7. The minimum Gasteiger partial charge on any atom is -0.374 e. The Balaban J connectivity index is 1.79. The molecule has 2 fully saturated rings. The van der Waals surface area contributed by atoms with Gasteiger partial charge in [-0.2, -0.15) is 0 Å². The quantitative estimate of drug-likeness (QED) is 0.910. The third-order valence-corrected chi connectivity index (χ3v) is 4.35. The van der Waals surface area contributed by atoms with Gasteiger partial charge in [0, 0.05) is 12.1 Å². The molecule has 2 aliphatic rings. The molecule has 1 amide bonds. The van der Waals surface area contributed by atoms with Crippen LogP contribution < -0.4 is 5.73 Å². The van der Waals surface area contributed by atoms with Crippen molar-refractivity contribution in [3.8, 4) is 0 Å². The second-order valence-electron chi connectivity index (χ2n) is 5.65. The van der Waals surface area contributed by atoms with Crippen LogP contribution in [0.2, 0.25) is 0 Å².